The quantitative estimate of drug-likeness (QED) is 0.608. The van der Waals surface area contributed by atoms with Crippen LogP contribution in [0.2, 0.25) is 5.02 Å². The molecule has 0 radical (unpaired) electrons. The van der Waals surface area contributed by atoms with Crippen LogP contribution in [0.4, 0.5) is 0 Å². The van der Waals surface area contributed by atoms with Crippen molar-refractivity contribution in [2.45, 2.75) is 50.7 Å². The summed E-state index contributed by atoms with van der Waals surface area (Å²) in [4.78, 5) is 8.60. The number of rotatable bonds is 3. The summed E-state index contributed by atoms with van der Waals surface area (Å²) in [5.41, 5.74) is 3.87. The SMILES string of the molecule is Cc1ncnc2c1ccn2C1CC(Oc2cc(Cl)cc3c2CNCC3)[C@@H](O)[C@H]1O. The monoisotopic (exact) mass is 414 g/mol. The third-order valence-corrected chi connectivity index (χ3v) is 6.30. The number of halogens is 1. The lowest BCUT2D eigenvalue weighted by Crippen LogP contribution is -2.34. The highest BCUT2D eigenvalue weighted by atomic mass is 35.5. The van der Waals surface area contributed by atoms with Gasteiger partial charge in [-0.05, 0) is 43.7 Å². The Morgan fingerprint density at radius 2 is 2.10 bits per heavy atom. The minimum Gasteiger partial charge on any atom is -0.487 e. The van der Waals surface area contributed by atoms with E-state index in [1.165, 1.54) is 11.9 Å². The molecule has 1 aliphatic carbocycles. The molecule has 2 aliphatic rings. The minimum absolute atomic E-state index is 0.338. The van der Waals surface area contributed by atoms with Crippen molar-refractivity contribution in [2.75, 3.05) is 6.54 Å². The van der Waals surface area contributed by atoms with Crippen molar-refractivity contribution in [3.05, 3.63) is 52.6 Å². The Bertz CT molecular complexity index is 1070. The van der Waals surface area contributed by atoms with E-state index in [0.29, 0.717) is 23.7 Å². The van der Waals surface area contributed by atoms with E-state index in [4.69, 9.17) is 16.3 Å². The van der Waals surface area contributed by atoms with Crippen LogP contribution in [-0.2, 0) is 13.0 Å². The van der Waals surface area contributed by atoms with Crippen molar-refractivity contribution in [3.8, 4) is 5.75 Å². The van der Waals surface area contributed by atoms with Gasteiger partial charge >= 0.3 is 0 Å². The minimum atomic E-state index is -1.01. The summed E-state index contributed by atoms with van der Waals surface area (Å²) in [5, 5.41) is 26.4. The molecule has 0 bridgehead atoms. The molecule has 3 aromatic rings. The average molecular weight is 415 g/mol. The summed E-state index contributed by atoms with van der Waals surface area (Å²) in [6, 6.07) is 5.37. The second-order valence-electron chi connectivity index (χ2n) is 7.83. The largest absolute Gasteiger partial charge is 0.487 e. The van der Waals surface area contributed by atoms with Gasteiger partial charge in [-0.1, -0.05) is 11.6 Å². The van der Waals surface area contributed by atoms with Crippen molar-refractivity contribution in [1.82, 2.24) is 19.9 Å². The maximum absolute atomic E-state index is 10.8. The third-order valence-electron chi connectivity index (χ3n) is 6.08. The molecule has 1 saturated carbocycles. The van der Waals surface area contributed by atoms with E-state index >= 15 is 0 Å². The van der Waals surface area contributed by atoms with Crippen LogP contribution < -0.4 is 10.1 Å². The molecule has 0 spiro atoms. The molecule has 1 fully saturated rings. The highest BCUT2D eigenvalue weighted by Gasteiger charge is 2.44. The summed E-state index contributed by atoms with van der Waals surface area (Å²) in [5.74, 6) is 0.673. The number of aromatic nitrogens is 3. The number of aryl methyl sites for hydroxylation is 1. The molecule has 0 amide bonds. The average Bonchev–Trinajstić information content (AvgIpc) is 3.25. The lowest BCUT2D eigenvalue weighted by molar-refractivity contribution is -0.0166. The molecule has 2 unspecified atom stereocenters. The van der Waals surface area contributed by atoms with Crippen LogP contribution in [0.25, 0.3) is 11.0 Å². The number of aliphatic hydroxyl groups is 2. The van der Waals surface area contributed by atoms with Crippen molar-refractivity contribution in [2.24, 2.45) is 0 Å². The fourth-order valence-electron chi connectivity index (χ4n) is 4.52. The summed E-state index contributed by atoms with van der Waals surface area (Å²) in [7, 11) is 0. The first-order valence-corrected chi connectivity index (χ1v) is 10.2. The van der Waals surface area contributed by atoms with Crippen molar-refractivity contribution >= 4 is 22.6 Å². The second-order valence-corrected chi connectivity index (χ2v) is 8.26. The van der Waals surface area contributed by atoms with Crippen LogP contribution in [0.1, 0.15) is 29.3 Å². The highest BCUT2D eigenvalue weighted by molar-refractivity contribution is 6.30. The number of benzene rings is 1. The van der Waals surface area contributed by atoms with Crippen LogP contribution >= 0.6 is 11.6 Å². The summed E-state index contributed by atoms with van der Waals surface area (Å²) < 4.78 is 8.13. The number of aliphatic hydroxyl groups excluding tert-OH is 2. The van der Waals surface area contributed by atoms with Gasteiger partial charge in [-0.3, -0.25) is 0 Å². The third kappa shape index (κ3) is 3.18. The number of fused-ring (bicyclic) bond motifs is 2. The smallest absolute Gasteiger partial charge is 0.143 e. The lowest BCUT2D eigenvalue weighted by Gasteiger charge is -2.24. The maximum atomic E-state index is 10.8. The molecule has 3 heterocycles. The Morgan fingerprint density at radius 3 is 2.97 bits per heavy atom. The van der Waals surface area contributed by atoms with Crippen molar-refractivity contribution in [3.63, 3.8) is 0 Å². The van der Waals surface area contributed by atoms with E-state index in [-0.39, 0.29) is 6.04 Å². The molecule has 1 aromatic carbocycles. The summed E-state index contributed by atoms with van der Waals surface area (Å²) >= 11 is 6.29. The van der Waals surface area contributed by atoms with Crippen LogP contribution in [0, 0.1) is 6.92 Å². The molecule has 5 rings (SSSR count). The number of nitrogens with one attached hydrogen (secondary N) is 1. The van der Waals surface area contributed by atoms with E-state index in [2.05, 4.69) is 15.3 Å². The van der Waals surface area contributed by atoms with E-state index in [1.54, 1.807) is 6.07 Å². The summed E-state index contributed by atoms with van der Waals surface area (Å²) in [6.45, 7) is 3.53. The van der Waals surface area contributed by atoms with Crippen LogP contribution in [0.15, 0.2) is 30.7 Å². The van der Waals surface area contributed by atoms with Gasteiger partial charge in [-0.15, -0.1) is 0 Å². The second kappa shape index (κ2) is 7.25. The number of hydrogen-bond acceptors (Lipinski definition) is 6. The van der Waals surface area contributed by atoms with Gasteiger partial charge in [0.15, 0.2) is 0 Å². The Balaban J connectivity index is 1.45. The topological polar surface area (TPSA) is 92.4 Å². The Kier molecular flexibility index (Phi) is 4.70. The van der Waals surface area contributed by atoms with Gasteiger partial charge in [0.05, 0.1) is 11.7 Å². The Morgan fingerprint density at radius 1 is 1.24 bits per heavy atom. The lowest BCUT2D eigenvalue weighted by atomic mass is 10.00. The maximum Gasteiger partial charge on any atom is 0.143 e. The number of nitrogens with zero attached hydrogens (tertiary/aromatic N) is 3. The first-order chi connectivity index (χ1) is 14.0. The molecule has 4 atom stereocenters. The zero-order valence-corrected chi connectivity index (χ0v) is 16.8. The van der Waals surface area contributed by atoms with Gasteiger partial charge in [-0.25, -0.2) is 9.97 Å². The van der Waals surface area contributed by atoms with Gasteiger partial charge in [0, 0.05) is 35.1 Å². The van der Waals surface area contributed by atoms with Gasteiger partial charge in [0.1, 0.15) is 36.0 Å². The van der Waals surface area contributed by atoms with Gasteiger partial charge < -0.3 is 24.8 Å². The molecule has 1 aliphatic heterocycles. The van der Waals surface area contributed by atoms with Crippen LogP contribution in [0.5, 0.6) is 5.75 Å². The molecule has 8 heteroatoms. The first kappa shape index (κ1) is 18.8. The van der Waals surface area contributed by atoms with Gasteiger partial charge in [0.25, 0.3) is 0 Å². The summed E-state index contributed by atoms with van der Waals surface area (Å²) in [6.07, 6.45) is 2.25. The normalized spacial score (nSPS) is 26.6. The highest BCUT2D eigenvalue weighted by Crippen LogP contribution is 2.38. The predicted molar refractivity (Wildman–Crippen MR) is 109 cm³/mol. The Hall–Kier alpha value is -2.19. The van der Waals surface area contributed by atoms with Crippen LogP contribution in [0.3, 0.4) is 0 Å². The fraction of sp³-hybridized carbons (Fsp3) is 0.429. The van der Waals surface area contributed by atoms with Crippen LogP contribution in [-0.4, -0.2) is 49.6 Å². The van der Waals surface area contributed by atoms with E-state index in [9.17, 15) is 10.2 Å². The zero-order chi connectivity index (χ0) is 20.1. The molecule has 7 nitrogen and oxygen atoms in total. The number of hydrogen-bond donors (Lipinski definition) is 3. The fourth-order valence-corrected chi connectivity index (χ4v) is 4.75. The van der Waals surface area contributed by atoms with Gasteiger partial charge in [-0.2, -0.15) is 0 Å². The van der Waals surface area contributed by atoms with E-state index < -0.39 is 18.3 Å². The number of ether oxygens (including phenoxy) is 1. The zero-order valence-electron chi connectivity index (χ0n) is 16.0. The standard InChI is InChI=1S/C21H23ClN4O3/c1-11-14-3-5-26(21(14)25-10-24-11)16-8-18(20(28)19(16)27)29-17-7-13(22)6-12-2-4-23-9-15(12)17/h3,5-7,10,16,18-20,23,27-28H,2,4,8-9H2,1H3/t16?,18?,19-,20+/m0/s1. The Labute approximate surface area is 173 Å². The molecular weight excluding hydrogens is 392 g/mol. The molecule has 2 aromatic heterocycles. The van der Waals surface area contributed by atoms with Crippen molar-refractivity contribution < 1.29 is 14.9 Å². The van der Waals surface area contributed by atoms with Crippen molar-refractivity contribution in [1.29, 1.82) is 0 Å². The van der Waals surface area contributed by atoms with E-state index in [0.717, 1.165) is 35.3 Å². The van der Waals surface area contributed by atoms with E-state index in [1.807, 2.05) is 29.8 Å². The predicted octanol–water partition coefficient (Wildman–Crippen LogP) is 2.15. The first-order valence-electron chi connectivity index (χ1n) is 9.86. The molecule has 3 N–H and O–H groups in total. The molecule has 0 saturated heterocycles. The molecular formula is C21H23ClN4O3. The molecule has 29 heavy (non-hydrogen) atoms. The molecule has 152 valence electrons. The van der Waals surface area contributed by atoms with Gasteiger partial charge in [0.2, 0.25) is 0 Å².